The van der Waals surface area contributed by atoms with Gasteiger partial charge in [-0.3, -0.25) is 4.79 Å². The molecule has 10 heteroatoms. The number of rotatable bonds is 5. The Balaban J connectivity index is 2.03. The van der Waals surface area contributed by atoms with Crippen LogP contribution in [0.4, 0.5) is 10.1 Å². The van der Waals surface area contributed by atoms with E-state index in [-0.39, 0.29) is 20.8 Å². The van der Waals surface area contributed by atoms with Crippen LogP contribution in [0, 0.1) is 5.82 Å². The molecule has 1 aromatic carbocycles. The number of nitrogens with one attached hydrogen (secondary N) is 2. The highest BCUT2D eigenvalue weighted by atomic mass is 35.5. The van der Waals surface area contributed by atoms with Gasteiger partial charge in [0, 0.05) is 5.69 Å². The van der Waals surface area contributed by atoms with Crippen molar-refractivity contribution in [2.75, 3.05) is 11.9 Å². The molecule has 1 heterocycles. The number of halogens is 3. The molecule has 0 saturated carbocycles. The van der Waals surface area contributed by atoms with E-state index in [1.165, 1.54) is 24.3 Å². The van der Waals surface area contributed by atoms with Crippen molar-refractivity contribution < 1.29 is 17.6 Å². The van der Waals surface area contributed by atoms with Gasteiger partial charge < -0.3 is 5.32 Å². The molecule has 122 valence electrons. The molecule has 0 spiro atoms. The zero-order valence-corrected chi connectivity index (χ0v) is 13.7. The summed E-state index contributed by atoms with van der Waals surface area (Å²) < 4.78 is 39.2. The number of aromatic nitrogens is 1. The van der Waals surface area contributed by atoms with Crippen molar-refractivity contribution in [3.63, 3.8) is 0 Å². The summed E-state index contributed by atoms with van der Waals surface area (Å²) >= 11 is 11.4. The first kappa shape index (κ1) is 17.6. The number of sulfonamides is 1. The van der Waals surface area contributed by atoms with Crippen LogP contribution in [0.2, 0.25) is 10.2 Å². The Bertz CT molecular complexity index is 846. The molecule has 1 amide bonds. The van der Waals surface area contributed by atoms with Crippen LogP contribution in [-0.4, -0.2) is 25.9 Å². The molecule has 0 fully saturated rings. The summed E-state index contributed by atoms with van der Waals surface area (Å²) in [6, 6.07) is 6.37. The minimum atomic E-state index is -4.04. The van der Waals surface area contributed by atoms with Crippen molar-refractivity contribution in [2.24, 2.45) is 0 Å². The second-order valence-electron chi connectivity index (χ2n) is 4.32. The highest BCUT2D eigenvalue weighted by Crippen LogP contribution is 2.22. The first-order valence-electron chi connectivity index (χ1n) is 6.14. The lowest BCUT2D eigenvalue weighted by Gasteiger charge is -2.09. The van der Waals surface area contributed by atoms with Gasteiger partial charge >= 0.3 is 0 Å². The van der Waals surface area contributed by atoms with Gasteiger partial charge in [-0.1, -0.05) is 29.3 Å². The summed E-state index contributed by atoms with van der Waals surface area (Å²) in [5.74, 6) is -1.19. The smallest absolute Gasteiger partial charge is 0.244 e. The highest BCUT2D eigenvalue weighted by molar-refractivity contribution is 7.89. The molecule has 23 heavy (non-hydrogen) atoms. The number of nitrogens with zero attached hydrogens (tertiary/aromatic N) is 1. The van der Waals surface area contributed by atoms with Crippen molar-refractivity contribution in [1.82, 2.24) is 9.71 Å². The molecule has 0 unspecified atom stereocenters. The van der Waals surface area contributed by atoms with Gasteiger partial charge in [0.25, 0.3) is 0 Å². The minimum Gasteiger partial charge on any atom is -0.325 e. The van der Waals surface area contributed by atoms with Gasteiger partial charge in [0.2, 0.25) is 15.9 Å². The first-order chi connectivity index (χ1) is 10.8. The topological polar surface area (TPSA) is 88.2 Å². The van der Waals surface area contributed by atoms with Gasteiger partial charge in [-0.05, 0) is 24.3 Å². The van der Waals surface area contributed by atoms with Crippen molar-refractivity contribution in [2.45, 2.75) is 4.90 Å². The maximum Gasteiger partial charge on any atom is 0.244 e. The maximum absolute atomic E-state index is 13.0. The van der Waals surface area contributed by atoms with E-state index in [4.69, 9.17) is 23.2 Å². The fourth-order valence-corrected chi connectivity index (χ4v) is 3.26. The lowest BCUT2D eigenvalue weighted by Crippen LogP contribution is -2.33. The quantitative estimate of drug-likeness (QED) is 0.783. The highest BCUT2D eigenvalue weighted by Gasteiger charge is 2.20. The van der Waals surface area contributed by atoms with E-state index in [0.29, 0.717) is 0 Å². The fourth-order valence-electron chi connectivity index (χ4n) is 1.60. The lowest BCUT2D eigenvalue weighted by molar-refractivity contribution is -0.115. The average Bonchev–Trinajstić information content (AvgIpc) is 2.45. The third-order valence-corrected chi connectivity index (χ3v) is 4.67. The largest absolute Gasteiger partial charge is 0.325 e. The summed E-state index contributed by atoms with van der Waals surface area (Å²) in [6.07, 6.45) is 0.984. The number of carbonyl (C=O) groups excluding carboxylic acids is 1. The predicted octanol–water partition coefficient (Wildman–Crippen LogP) is 2.44. The maximum atomic E-state index is 13.0. The number of pyridine rings is 1. The molecular weight excluding hydrogens is 368 g/mol. The Kier molecular flexibility index (Phi) is 5.53. The van der Waals surface area contributed by atoms with Crippen LogP contribution in [0.25, 0.3) is 0 Å². The van der Waals surface area contributed by atoms with Crippen LogP contribution in [0.3, 0.4) is 0 Å². The molecule has 2 N–H and O–H groups in total. The van der Waals surface area contributed by atoms with Gasteiger partial charge in [-0.15, -0.1) is 0 Å². The van der Waals surface area contributed by atoms with Gasteiger partial charge in [-0.2, -0.15) is 0 Å². The summed E-state index contributed by atoms with van der Waals surface area (Å²) in [4.78, 5) is 15.0. The number of amides is 1. The molecule has 2 rings (SSSR count). The Morgan fingerprint density at radius 1 is 1.26 bits per heavy atom. The first-order valence-corrected chi connectivity index (χ1v) is 8.38. The summed E-state index contributed by atoms with van der Waals surface area (Å²) in [5, 5.41) is 2.27. The number of carbonyl (C=O) groups is 1. The van der Waals surface area contributed by atoms with E-state index >= 15 is 0 Å². The second kappa shape index (κ2) is 7.22. The molecule has 0 saturated heterocycles. The molecule has 0 atom stereocenters. The normalized spacial score (nSPS) is 11.3. The van der Waals surface area contributed by atoms with Crippen LogP contribution < -0.4 is 10.0 Å². The van der Waals surface area contributed by atoms with Crippen LogP contribution in [0.5, 0.6) is 0 Å². The van der Waals surface area contributed by atoms with Crippen LogP contribution in [0.15, 0.2) is 41.4 Å². The molecular formula is C13H10Cl2FN3O3S. The minimum absolute atomic E-state index is 0.0396. The zero-order valence-electron chi connectivity index (χ0n) is 11.4. The Labute approximate surface area is 141 Å². The van der Waals surface area contributed by atoms with Crippen molar-refractivity contribution >= 4 is 44.8 Å². The third kappa shape index (κ3) is 4.87. The Morgan fingerprint density at radius 2 is 2.00 bits per heavy atom. The third-order valence-electron chi connectivity index (χ3n) is 2.61. The Morgan fingerprint density at radius 3 is 2.65 bits per heavy atom. The molecule has 0 aliphatic heterocycles. The van der Waals surface area contributed by atoms with Crippen LogP contribution in [0.1, 0.15) is 0 Å². The average molecular weight is 378 g/mol. The van der Waals surface area contributed by atoms with E-state index in [2.05, 4.69) is 15.0 Å². The summed E-state index contributed by atoms with van der Waals surface area (Å²) in [5.41, 5.74) is 0.209. The van der Waals surface area contributed by atoms with Crippen LogP contribution >= 0.6 is 23.2 Å². The summed E-state index contributed by atoms with van der Waals surface area (Å²) in [6.45, 7) is -0.558. The molecule has 2 aromatic rings. The van der Waals surface area contributed by atoms with Gasteiger partial charge in [0.05, 0.1) is 17.8 Å². The van der Waals surface area contributed by atoms with E-state index in [1.54, 1.807) is 0 Å². The van der Waals surface area contributed by atoms with Gasteiger partial charge in [0.15, 0.2) is 0 Å². The van der Waals surface area contributed by atoms with E-state index in [0.717, 1.165) is 12.3 Å². The molecule has 0 aliphatic rings. The monoisotopic (exact) mass is 377 g/mol. The van der Waals surface area contributed by atoms with Crippen LogP contribution in [-0.2, 0) is 14.8 Å². The SMILES string of the molecule is O=C(CNS(=O)(=O)c1cnc(Cl)cc1Cl)Nc1cccc(F)c1. The molecule has 0 aliphatic carbocycles. The number of hydrogen-bond acceptors (Lipinski definition) is 4. The van der Waals surface area contributed by atoms with E-state index in [1.807, 2.05) is 0 Å². The predicted molar refractivity (Wildman–Crippen MR) is 84.5 cm³/mol. The number of hydrogen-bond donors (Lipinski definition) is 2. The lowest BCUT2D eigenvalue weighted by atomic mass is 10.3. The van der Waals surface area contributed by atoms with E-state index < -0.39 is 28.3 Å². The van der Waals surface area contributed by atoms with Gasteiger partial charge in [0.1, 0.15) is 15.9 Å². The van der Waals surface area contributed by atoms with E-state index in [9.17, 15) is 17.6 Å². The molecule has 0 bridgehead atoms. The standard InChI is InChI=1S/C13H10Cl2FN3O3S/c14-10-5-12(15)17-6-11(10)23(21,22)18-7-13(20)19-9-3-1-2-8(16)4-9/h1-6,18H,7H2,(H,19,20). The molecule has 0 radical (unpaired) electrons. The fraction of sp³-hybridized carbons (Fsp3) is 0.0769. The number of benzene rings is 1. The Hall–Kier alpha value is -1.74. The van der Waals surface area contributed by atoms with Crippen molar-refractivity contribution in [1.29, 1.82) is 0 Å². The molecule has 6 nitrogen and oxygen atoms in total. The second-order valence-corrected chi connectivity index (χ2v) is 6.85. The van der Waals surface area contributed by atoms with Crippen molar-refractivity contribution in [3.8, 4) is 0 Å². The summed E-state index contributed by atoms with van der Waals surface area (Å²) in [7, 11) is -4.04. The molecule has 1 aromatic heterocycles. The van der Waals surface area contributed by atoms with Gasteiger partial charge in [-0.25, -0.2) is 22.5 Å². The van der Waals surface area contributed by atoms with Crippen molar-refractivity contribution in [3.05, 3.63) is 52.5 Å². The number of anilines is 1. The zero-order chi connectivity index (χ0) is 17.0.